The van der Waals surface area contributed by atoms with Gasteiger partial charge in [0.05, 0.1) is 11.4 Å². The number of alkyl halides is 1. The van der Waals surface area contributed by atoms with Gasteiger partial charge in [0.1, 0.15) is 0 Å². The molecule has 0 saturated heterocycles. The number of aromatic nitrogens is 2. The normalized spacial score (nSPS) is 23.4. The predicted molar refractivity (Wildman–Crippen MR) is 79.1 cm³/mol. The van der Waals surface area contributed by atoms with Crippen LogP contribution in [0, 0.1) is 5.92 Å². The molecule has 2 rings (SSSR count). The Bertz CT molecular complexity index is 382. The maximum Gasteiger partial charge on any atom is 0.0625 e. The molecule has 0 bridgehead atoms. The van der Waals surface area contributed by atoms with Crippen LogP contribution in [0.5, 0.6) is 0 Å². The molecule has 18 heavy (non-hydrogen) atoms. The van der Waals surface area contributed by atoms with Crippen molar-refractivity contribution >= 4 is 15.9 Å². The number of aryl methyl sites for hydroxylation is 2. The van der Waals surface area contributed by atoms with Gasteiger partial charge in [-0.05, 0) is 45.2 Å². The quantitative estimate of drug-likeness (QED) is 0.753. The van der Waals surface area contributed by atoms with E-state index in [9.17, 15) is 0 Å². The van der Waals surface area contributed by atoms with Gasteiger partial charge in [0.2, 0.25) is 0 Å². The lowest BCUT2D eigenvalue weighted by molar-refractivity contribution is 0.204. The van der Waals surface area contributed by atoms with Gasteiger partial charge in [-0.2, -0.15) is 5.10 Å². The van der Waals surface area contributed by atoms with Crippen molar-refractivity contribution in [2.45, 2.75) is 51.0 Å². The van der Waals surface area contributed by atoms with E-state index in [0.717, 1.165) is 30.3 Å². The van der Waals surface area contributed by atoms with Crippen LogP contribution < -0.4 is 0 Å². The van der Waals surface area contributed by atoms with E-state index in [1.807, 2.05) is 0 Å². The minimum Gasteiger partial charge on any atom is -0.300 e. The molecule has 1 aromatic heterocycles. The van der Waals surface area contributed by atoms with Gasteiger partial charge < -0.3 is 4.90 Å². The first kappa shape index (κ1) is 14.1. The molecule has 1 fully saturated rings. The van der Waals surface area contributed by atoms with Crippen molar-refractivity contribution in [3.8, 4) is 0 Å². The SMILES string of the molecule is CCc1cc(CN(C)CC2CC(Br)C2)n(CC)n1. The summed E-state index contributed by atoms with van der Waals surface area (Å²) < 4.78 is 2.14. The second-order valence-corrected chi connectivity index (χ2v) is 6.72. The van der Waals surface area contributed by atoms with Crippen LogP contribution in [-0.2, 0) is 19.5 Å². The summed E-state index contributed by atoms with van der Waals surface area (Å²) in [6, 6.07) is 2.26. The van der Waals surface area contributed by atoms with E-state index in [4.69, 9.17) is 0 Å². The van der Waals surface area contributed by atoms with Gasteiger partial charge in [-0.3, -0.25) is 4.68 Å². The first-order valence-corrected chi connectivity index (χ1v) is 7.92. The maximum atomic E-state index is 4.61. The number of hydrogen-bond donors (Lipinski definition) is 0. The fourth-order valence-electron chi connectivity index (χ4n) is 2.67. The highest BCUT2D eigenvalue weighted by Crippen LogP contribution is 2.33. The Morgan fingerprint density at radius 2 is 2.17 bits per heavy atom. The summed E-state index contributed by atoms with van der Waals surface area (Å²) in [5.41, 5.74) is 2.57. The lowest BCUT2D eigenvalue weighted by Gasteiger charge is -2.34. The molecule has 0 aliphatic heterocycles. The molecule has 4 heteroatoms. The summed E-state index contributed by atoms with van der Waals surface area (Å²) in [5.74, 6) is 0.878. The van der Waals surface area contributed by atoms with Crippen LogP contribution in [0.3, 0.4) is 0 Å². The zero-order valence-corrected chi connectivity index (χ0v) is 13.3. The van der Waals surface area contributed by atoms with Crippen molar-refractivity contribution in [2.24, 2.45) is 5.92 Å². The van der Waals surface area contributed by atoms with E-state index in [0.29, 0.717) is 0 Å². The highest BCUT2D eigenvalue weighted by molar-refractivity contribution is 9.09. The molecule has 1 aliphatic rings. The van der Waals surface area contributed by atoms with Crippen molar-refractivity contribution in [3.05, 3.63) is 17.5 Å². The molecule has 1 aromatic rings. The molecule has 0 spiro atoms. The first-order valence-electron chi connectivity index (χ1n) is 7.00. The molecular formula is C14H24BrN3. The van der Waals surface area contributed by atoms with Gasteiger partial charge in [0.25, 0.3) is 0 Å². The van der Waals surface area contributed by atoms with E-state index in [2.05, 4.69) is 57.6 Å². The molecule has 0 N–H and O–H groups in total. The Balaban J connectivity index is 1.89. The molecular weight excluding hydrogens is 290 g/mol. The van der Waals surface area contributed by atoms with Crippen LogP contribution in [0.25, 0.3) is 0 Å². The zero-order chi connectivity index (χ0) is 13.1. The van der Waals surface area contributed by atoms with E-state index in [1.54, 1.807) is 0 Å². The molecule has 1 aliphatic carbocycles. The molecule has 102 valence electrons. The van der Waals surface area contributed by atoms with Crippen molar-refractivity contribution in [1.82, 2.24) is 14.7 Å². The highest BCUT2D eigenvalue weighted by atomic mass is 79.9. The van der Waals surface area contributed by atoms with Crippen molar-refractivity contribution in [3.63, 3.8) is 0 Å². The zero-order valence-electron chi connectivity index (χ0n) is 11.7. The van der Waals surface area contributed by atoms with Crippen LogP contribution in [0.1, 0.15) is 38.1 Å². The summed E-state index contributed by atoms with van der Waals surface area (Å²) in [5, 5.41) is 4.61. The number of nitrogens with zero attached hydrogens (tertiary/aromatic N) is 3. The van der Waals surface area contributed by atoms with E-state index in [1.165, 1.54) is 30.8 Å². The molecule has 0 atom stereocenters. The van der Waals surface area contributed by atoms with Gasteiger partial charge >= 0.3 is 0 Å². The third-order valence-corrected chi connectivity index (χ3v) is 4.50. The minimum atomic E-state index is 0.767. The minimum absolute atomic E-state index is 0.767. The van der Waals surface area contributed by atoms with Gasteiger partial charge in [0, 0.05) is 24.5 Å². The van der Waals surface area contributed by atoms with E-state index >= 15 is 0 Å². The third kappa shape index (κ3) is 3.35. The second kappa shape index (κ2) is 6.20. The van der Waals surface area contributed by atoms with Gasteiger partial charge in [-0.25, -0.2) is 0 Å². The smallest absolute Gasteiger partial charge is 0.0625 e. The predicted octanol–water partition coefficient (Wildman–Crippen LogP) is 3.07. The van der Waals surface area contributed by atoms with E-state index < -0.39 is 0 Å². The second-order valence-electron chi connectivity index (χ2n) is 5.43. The number of halogens is 1. The fraction of sp³-hybridized carbons (Fsp3) is 0.786. The maximum absolute atomic E-state index is 4.61. The molecule has 0 amide bonds. The van der Waals surface area contributed by atoms with Crippen LogP contribution in [-0.4, -0.2) is 33.1 Å². The average Bonchev–Trinajstić information content (AvgIpc) is 2.69. The summed E-state index contributed by atoms with van der Waals surface area (Å²) in [6.45, 7) is 7.52. The summed E-state index contributed by atoms with van der Waals surface area (Å²) >= 11 is 3.66. The van der Waals surface area contributed by atoms with Crippen molar-refractivity contribution in [1.29, 1.82) is 0 Å². The lowest BCUT2D eigenvalue weighted by Crippen LogP contribution is -2.34. The summed E-state index contributed by atoms with van der Waals surface area (Å²) in [6.07, 6.45) is 3.69. The largest absolute Gasteiger partial charge is 0.300 e. The third-order valence-electron chi connectivity index (χ3n) is 3.76. The molecule has 0 unspecified atom stereocenters. The Labute approximate surface area is 119 Å². The van der Waals surface area contributed by atoms with E-state index in [-0.39, 0.29) is 0 Å². The number of hydrogen-bond acceptors (Lipinski definition) is 2. The Morgan fingerprint density at radius 3 is 2.72 bits per heavy atom. The monoisotopic (exact) mass is 313 g/mol. The standard InChI is InChI=1S/C14H24BrN3/c1-4-13-8-14(18(5-2)16-13)10-17(3)9-11-6-12(15)7-11/h8,11-12H,4-7,9-10H2,1-3H3. The van der Waals surface area contributed by atoms with Crippen molar-refractivity contribution < 1.29 is 0 Å². The summed E-state index contributed by atoms with van der Waals surface area (Å²) in [7, 11) is 2.22. The Morgan fingerprint density at radius 1 is 1.44 bits per heavy atom. The van der Waals surface area contributed by atoms with Crippen molar-refractivity contribution in [2.75, 3.05) is 13.6 Å². The van der Waals surface area contributed by atoms with Crippen LogP contribution in [0.15, 0.2) is 6.07 Å². The Hall–Kier alpha value is -0.350. The molecule has 0 radical (unpaired) electrons. The van der Waals surface area contributed by atoms with Crippen LogP contribution >= 0.6 is 15.9 Å². The summed E-state index contributed by atoms with van der Waals surface area (Å²) in [4.78, 5) is 3.20. The lowest BCUT2D eigenvalue weighted by atomic mass is 9.85. The molecule has 3 nitrogen and oxygen atoms in total. The molecule has 0 aromatic carbocycles. The highest BCUT2D eigenvalue weighted by Gasteiger charge is 2.27. The van der Waals surface area contributed by atoms with Gasteiger partial charge in [-0.1, -0.05) is 22.9 Å². The van der Waals surface area contributed by atoms with Crippen LogP contribution in [0.2, 0.25) is 0 Å². The topological polar surface area (TPSA) is 21.1 Å². The number of rotatable bonds is 6. The fourth-order valence-corrected chi connectivity index (χ4v) is 3.73. The van der Waals surface area contributed by atoms with Gasteiger partial charge in [-0.15, -0.1) is 0 Å². The first-order chi connectivity index (χ1) is 8.62. The molecule has 1 heterocycles. The Kier molecular flexibility index (Phi) is 4.84. The van der Waals surface area contributed by atoms with Crippen LogP contribution in [0.4, 0.5) is 0 Å². The average molecular weight is 314 g/mol. The van der Waals surface area contributed by atoms with Gasteiger partial charge in [0.15, 0.2) is 0 Å². The molecule has 1 saturated carbocycles.